The van der Waals surface area contributed by atoms with E-state index in [1.807, 2.05) is 19.1 Å². The van der Waals surface area contributed by atoms with Crippen molar-refractivity contribution in [2.75, 3.05) is 26.3 Å². The van der Waals surface area contributed by atoms with Crippen LogP contribution in [0.4, 0.5) is 0 Å². The van der Waals surface area contributed by atoms with Crippen LogP contribution in [0.2, 0.25) is 5.02 Å². The van der Waals surface area contributed by atoms with Gasteiger partial charge in [0.05, 0.1) is 12.6 Å². The molecule has 2 atom stereocenters. The average Bonchev–Trinajstić information content (AvgIpc) is 3.26. The topological polar surface area (TPSA) is 55.1 Å². The van der Waals surface area contributed by atoms with Crippen LogP contribution in [0.5, 0.6) is 5.75 Å². The summed E-state index contributed by atoms with van der Waals surface area (Å²) in [5.74, 6) is 2.48. The van der Waals surface area contributed by atoms with Crippen LogP contribution in [-0.2, 0) is 11.3 Å². The highest BCUT2D eigenvalue weighted by Crippen LogP contribution is 2.18. The molecule has 0 radical (unpaired) electrons. The van der Waals surface area contributed by atoms with Crippen molar-refractivity contribution in [1.29, 1.82) is 0 Å². The monoisotopic (exact) mass is 379 g/mol. The van der Waals surface area contributed by atoms with Crippen molar-refractivity contribution in [2.24, 2.45) is 0 Å². The number of ether oxygens (including phenoxy) is 2. The Morgan fingerprint density at radius 3 is 2.73 bits per heavy atom. The molecule has 0 aliphatic carbocycles. The predicted octanol–water partition coefficient (Wildman–Crippen LogP) is 3.66. The van der Waals surface area contributed by atoms with E-state index >= 15 is 0 Å². The van der Waals surface area contributed by atoms with E-state index in [0.717, 1.165) is 37.5 Å². The third-order valence-corrected chi connectivity index (χ3v) is 4.64. The van der Waals surface area contributed by atoms with Crippen LogP contribution in [0.25, 0.3) is 0 Å². The van der Waals surface area contributed by atoms with Gasteiger partial charge >= 0.3 is 0 Å². The van der Waals surface area contributed by atoms with Gasteiger partial charge in [-0.3, -0.25) is 4.90 Å². The number of hydrogen-bond acceptors (Lipinski definition) is 5. The Bertz CT molecular complexity index is 667. The zero-order chi connectivity index (χ0) is 18.4. The number of aliphatic hydroxyl groups excluding tert-OH is 1. The number of aliphatic hydroxyl groups is 1. The van der Waals surface area contributed by atoms with E-state index in [-0.39, 0.29) is 12.7 Å². The van der Waals surface area contributed by atoms with Gasteiger partial charge in [-0.15, -0.1) is 0 Å². The van der Waals surface area contributed by atoms with Gasteiger partial charge in [0.2, 0.25) is 0 Å². The summed E-state index contributed by atoms with van der Waals surface area (Å²) in [4.78, 5) is 2.17. The number of nitrogens with zero attached hydrogens (tertiary/aromatic N) is 1. The van der Waals surface area contributed by atoms with Crippen molar-refractivity contribution in [3.05, 3.63) is 52.9 Å². The Labute approximate surface area is 159 Å². The van der Waals surface area contributed by atoms with Gasteiger partial charge < -0.3 is 19.0 Å². The van der Waals surface area contributed by atoms with Gasteiger partial charge in [0.25, 0.3) is 0 Å². The largest absolute Gasteiger partial charge is 0.491 e. The van der Waals surface area contributed by atoms with E-state index in [4.69, 9.17) is 25.5 Å². The van der Waals surface area contributed by atoms with Crippen molar-refractivity contribution in [3.63, 3.8) is 0 Å². The smallest absolute Gasteiger partial charge is 0.119 e. The second-order valence-corrected chi connectivity index (χ2v) is 7.20. The van der Waals surface area contributed by atoms with Gasteiger partial charge in [0.15, 0.2) is 0 Å². The second-order valence-electron chi connectivity index (χ2n) is 6.76. The second kappa shape index (κ2) is 9.42. The molecule has 142 valence electrons. The van der Waals surface area contributed by atoms with Gasteiger partial charge in [-0.1, -0.05) is 11.6 Å². The van der Waals surface area contributed by atoms with Crippen molar-refractivity contribution in [3.8, 4) is 5.75 Å². The molecule has 2 aromatic rings. The Morgan fingerprint density at radius 2 is 2.08 bits per heavy atom. The maximum atomic E-state index is 10.4. The fourth-order valence-corrected chi connectivity index (χ4v) is 3.27. The van der Waals surface area contributed by atoms with E-state index in [0.29, 0.717) is 23.9 Å². The number of furan rings is 1. The zero-order valence-corrected chi connectivity index (χ0v) is 15.8. The number of halogens is 1. The Balaban J connectivity index is 1.53. The molecule has 1 aromatic heterocycles. The molecule has 0 saturated carbocycles. The number of aryl methyl sites for hydroxylation is 1. The van der Waals surface area contributed by atoms with Crippen molar-refractivity contribution < 1.29 is 19.0 Å². The maximum absolute atomic E-state index is 10.4. The SMILES string of the molecule is Cc1ccc(CN(C[C@H](O)COc2ccc(Cl)cc2)C[C@H]2CCCO2)o1. The Morgan fingerprint density at radius 1 is 1.27 bits per heavy atom. The van der Waals surface area contributed by atoms with E-state index in [1.165, 1.54) is 0 Å². The summed E-state index contributed by atoms with van der Waals surface area (Å²) >= 11 is 5.87. The lowest BCUT2D eigenvalue weighted by molar-refractivity contribution is 0.0290. The van der Waals surface area contributed by atoms with Crippen LogP contribution in [0.1, 0.15) is 24.4 Å². The summed E-state index contributed by atoms with van der Waals surface area (Å²) < 4.78 is 17.1. The molecule has 2 heterocycles. The van der Waals surface area contributed by atoms with E-state index in [2.05, 4.69) is 4.90 Å². The lowest BCUT2D eigenvalue weighted by Crippen LogP contribution is -2.39. The Kier molecular flexibility index (Phi) is 6.97. The summed E-state index contributed by atoms with van der Waals surface area (Å²) in [6, 6.07) is 11.1. The molecule has 0 bridgehead atoms. The summed E-state index contributed by atoms with van der Waals surface area (Å²) in [6.45, 7) is 4.89. The first kappa shape index (κ1) is 19.2. The lowest BCUT2D eigenvalue weighted by Gasteiger charge is -2.26. The molecule has 1 N–H and O–H groups in total. The van der Waals surface area contributed by atoms with Crippen LogP contribution >= 0.6 is 11.6 Å². The van der Waals surface area contributed by atoms with Crippen LogP contribution in [0.3, 0.4) is 0 Å². The number of hydrogen-bond donors (Lipinski definition) is 1. The van der Waals surface area contributed by atoms with Crippen molar-refractivity contribution in [1.82, 2.24) is 4.90 Å². The lowest BCUT2D eigenvalue weighted by atomic mass is 10.2. The quantitative estimate of drug-likeness (QED) is 0.720. The molecular formula is C20H26ClNO4. The predicted molar refractivity (Wildman–Crippen MR) is 101 cm³/mol. The minimum Gasteiger partial charge on any atom is -0.491 e. The molecule has 1 aliphatic heterocycles. The maximum Gasteiger partial charge on any atom is 0.119 e. The molecular weight excluding hydrogens is 354 g/mol. The first-order chi connectivity index (χ1) is 12.6. The minimum atomic E-state index is -0.608. The third-order valence-electron chi connectivity index (χ3n) is 4.39. The van der Waals surface area contributed by atoms with Crippen LogP contribution < -0.4 is 4.74 Å². The zero-order valence-electron chi connectivity index (χ0n) is 15.1. The highest BCUT2D eigenvalue weighted by Gasteiger charge is 2.22. The molecule has 5 nitrogen and oxygen atoms in total. The summed E-state index contributed by atoms with van der Waals surface area (Å²) in [5.41, 5.74) is 0. The first-order valence-electron chi connectivity index (χ1n) is 9.04. The summed E-state index contributed by atoms with van der Waals surface area (Å²) in [6.07, 6.45) is 1.77. The van der Waals surface area contributed by atoms with Gasteiger partial charge in [-0.2, -0.15) is 0 Å². The molecule has 1 aliphatic rings. The van der Waals surface area contributed by atoms with Crippen LogP contribution in [0, 0.1) is 6.92 Å². The number of rotatable bonds is 9. The van der Waals surface area contributed by atoms with E-state index < -0.39 is 6.10 Å². The summed E-state index contributed by atoms with van der Waals surface area (Å²) in [7, 11) is 0. The molecule has 3 rings (SSSR count). The normalized spacial score (nSPS) is 18.4. The minimum absolute atomic E-state index is 0.218. The average molecular weight is 380 g/mol. The van der Waals surface area contributed by atoms with E-state index in [9.17, 15) is 5.11 Å². The molecule has 0 amide bonds. The fraction of sp³-hybridized carbons (Fsp3) is 0.500. The molecule has 26 heavy (non-hydrogen) atoms. The Hall–Kier alpha value is -1.53. The highest BCUT2D eigenvalue weighted by molar-refractivity contribution is 6.30. The third kappa shape index (κ3) is 6.02. The highest BCUT2D eigenvalue weighted by atomic mass is 35.5. The van der Waals surface area contributed by atoms with Gasteiger partial charge in [0.1, 0.15) is 30.0 Å². The molecule has 6 heteroatoms. The fourth-order valence-electron chi connectivity index (χ4n) is 3.14. The van der Waals surface area contributed by atoms with Crippen LogP contribution in [-0.4, -0.2) is 48.5 Å². The number of benzene rings is 1. The van der Waals surface area contributed by atoms with Gasteiger partial charge in [-0.25, -0.2) is 0 Å². The molecule has 0 spiro atoms. The summed E-state index contributed by atoms with van der Waals surface area (Å²) in [5, 5.41) is 11.1. The standard InChI is InChI=1S/C20H26ClNO4/c1-15-4-7-20(26-15)13-22(12-19-3-2-10-24-19)11-17(23)14-25-18-8-5-16(21)6-9-18/h4-9,17,19,23H,2-3,10-14H2,1H3/t17-,19+/m0/s1. The first-order valence-corrected chi connectivity index (χ1v) is 9.42. The molecule has 0 unspecified atom stereocenters. The van der Waals surface area contributed by atoms with E-state index in [1.54, 1.807) is 24.3 Å². The van der Waals surface area contributed by atoms with Crippen molar-refractivity contribution >= 4 is 11.6 Å². The molecule has 1 aromatic carbocycles. The van der Waals surface area contributed by atoms with Crippen molar-refractivity contribution in [2.45, 2.75) is 38.5 Å². The molecule has 1 saturated heterocycles. The molecule has 1 fully saturated rings. The van der Waals surface area contributed by atoms with Crippen LogP contribution in [0.15, 0.2) is 40.8 Å². The van der Waals surface area contributed by atoms with Gasteiger partial charge in [0, 0.05) is 24.7 Å². The van der Waals surface area contributed by atoms with Gasteiger partial charge in [-0.05, 0) is 56.2 Å².